The lowest BCUT2D eigenvalue weighted by Crippen LogP contribution is -2.45. The lowest BCUT2D eigenvalue weighted by atomic mass is 10.3. The molecule has 0 unspecified atom stereocenters. The van der Waals surface area contributed by atoms with E-state index in [4.69, 9.17) is 0 Å². The second kappa shape index (κ2) is 7.16. The van der Waals surface area contributed by atoms with Gasteiger partial charge >= 0.3 is 24.3 Å². The Morgan fingerprint density at radius 2 is 1.35 bits per heavy atom. The Bertz CT molecular complexity index is 562. The van der Waals surface area contributed by atoms with E-state index >= 15 is 0 Å². The molecule has 10 heteroatoms. The Hall–Kier alpha value is -2.52. The number of carbonyl (C=O) groups is 2. The summed E-state index contributed by atoms with van der Waals surface area (Å²) >= 11 is 0. The van der Waals surface area contributed by atoms with Gasteiger partial charge < -0.3 is 9.47 Å². The molecule has 0 fully saturated rings. The Labute approximate surface area is 125 Å². The van der Waals surface area contributed by atoms with Crippen molar-refractivity contribution in [3.05, 3.63) is 42.5 Å². The highest BCUT2D eigenvalue weighted by Crippen LogP contribution is 2.35. The molecule has 0 heterocycles. The molecule has 0 aromatic heterocycles. The van der Waals surface area contributed by atoms with Crippen molar-refractivity contribution in [2.45, 2.75) is 18.5 Å². The van der Waals surface area contributed by atoms with Crippen molar-refractivity contribution < 1.29 is 45.4 Å². The van der Waals surface area contributed by atoms with Crippen molar-refractivity contribution in [3.8, 4) is 5.75 Å². The van der Waals surface area contributed by atoms with Gasteiger partial charge in [-0.2, -0.15) is 26.3 Å². The van der Waals surface area contributed by atoms with Crippen LogP contribution in [-0.2, 0) is 14.3 Å². The molecule has 0 bridgehead atoms. The van der Waals surface area contributed by atoms with E-state index in [0.717, 1.165) is 0 Å². The van der Waals surface area contributed by atoms with Crippen LogP contribution in [0.15, 0.2) is 42.5 Å². The SMILES string of the molecule is O=C(C=CC(=O)OC(C(F)(F)F)C(F)(F)F)Oc1ccccc1. The fraction of sp³-hybridized carbons (Fsp3) is 0.231. The van der Waals surface area contributed by atoms with Gasteiger partial charge in [0, 0.05) is 12.2 Å². The lowest BCUT2D eigenvalue weighted by molar-refractivity contribution is -0.312. The summed E-state index contributed by atoms with van der Waals surface area (Å²) in [6, 6.07) is 7.37. The normalized spacial score (nSPS) is 12.5. The van der Waals surface area contributed by atoms with Crippen LogP contribution < -0.4 is 4.74 Å². The molecule has 0 atom stereocenters. The average Bonchev–Trinajstić information content (AvgIpc) is 2.41. The second-order valence-electron chi connectivity index (χ2n) is 3.97. The molecule has 0 amide bonds. The third-order valence-electron chi connectivity index (χ3n) is 2.15. The van der Waals surface area contributed by atoms with E-state index in [-0.39, 0.29) is 11.8 Å². The van der Waals surface area contributed by atoms with Crippen LogP contribution >= 0.6 is 0 Å². The Morgan fingerprint density at radius 1 is 0.870 bits per heavy atom. The van der Waals surface area contributed by atoms with Crippen LogP contribution in [0.1, 0.15) is 0 Å². The van der Waals surface area contributed by atoms with E-state index in [1.54, 1.807) is 6.07 Å². The van der Waals surface area contributed by atoms with Crippen LogP contribution in [0.5, 0.6) is 5.75 Å². The summed E-state index contributed by atoms with van der Waals surface area (Å²) in [5, 5.41) is 0. The summed E-state index contributed by atoms with van der Waals surface area (Å²) in [5.41, 5.74) is 0. The number of rotatable bonds is 4. The highest BCUT2D eigenvalue weighted by atomic mass is 19.4. The van der Waals surface area contributed by atoms with Gasteiger partial charge in [0.05, 0.1) is 0 Å². The minimum absolute atomic E-state index is 0.0685. The number of alkyl halides is 6. The number of hydrogen-bond acceptors (Lipinski definition) is 4. The molecule has 0 saturated heterocycles. The molecule has 0 spiro atoms. The van der Waals surface area contributed by atoms with Gasteiger partial charge in [-0.25, -0.2) is 9.59 Å². The summed E-state index contributed by atoms with van der Waals surface area (Å²) in [6.45, 7) is 0. The molecule has 126 valence electrons. The zero-order chi connectivity index (χ0) is 17.7. The Kier molecular flexibility index (Phi) is 5.77. The van der Waals surface area contributed by atoms with Crippen LogP contribution in [0, 0.1) is 0 Å². The lowest BCUT2D eigenvalue weighted by Gasteiger charge is -2.22. The number of para-hydroxylation sites is 1. The maximum Gasteiger partial charge on any atom is 0.434 e. The standard InChI is InChI=1S/C13H8F6O4/c14-12(15,16)11(13(17,18)19)23-10(21)7-6-9(20)22-8-4-2-1-3-5-8/h1-7,11H. The van der Waals surface area contributed by atoms with Crippen molar-refractivity contribution in [1.82, 2.24) is 0 Å². The van der Waals surface area contributed by atoms with Gasteiger partial charge in [0.2, 0.25) is 0 Å². The molecule has 0 aliphatic carbocycles. The van der Waals surface area contributed by atoms with Crippen molar-refractivity contribution in [2.75, 3.05) is 0 Å². The fourth-order valence-electron chi connectivity index (χ4n) is 1.25. The molecule has 23 heavy (non-hydrogen) atoms. The number of ether oxygens (including phenoxy) is 2. The predicted octanol–water partition coefficient (Wildman–Crippen LogP) is 3.18. The van der Waals surface area contributed by atoms with Crippen molar-refractivity contribution in [1.29, 1.82) is 0 Å². The van der Waals surface area contributed by atoms with Gasteiger partial charge in [0.1, 0.15) is 5.75 Å². The number of halogens is 6. The molecule has 0 N–H and O–H groups in total. The third-order valence-corrected chi connectivity index (χ3v) is 2.15. The maximum absolute atomic E-state index is 12.1. The molecule has 1 aromatic carbocycles. The maximum atomic E-state index is 12.1. The molecule has 0 aliphatic heterocycles. The summed E-state index contributed by atoms with van der Waals surface area (Å²) in [6.07, 6.45) is -15.5. The summed E-state index contributed by atoms with van der Waals surface area (Å²) in [7, 11) is 0. The van der Waals surface area contributed by atoms with Crippen LogP contribution in [0.4, 0.5) is 26.3 Å². The zero-order valence-corrected chi connectivity index (χ0v) is 11.0. The van der Waals surface area contributed by atoms with E-state index in [0.29, 0.717) is 6.08 Å². The molecular formula is C13H8F6O4. The largest absolute Gasteiger partial charge is 0.440 e. The summed E-state index contributed by atoms with van der Waals surface area (Å²) < 4.78 is 80.8. The molecule has 0 radical (unpaired) electrons. The van der Waals surface area contributed by atoms with E-state index in [1.165, 1.54) is 24.3 Å². The first-order valence-electron chi connectivity index (χ1n) is 5.79. The number of benzene rings is 1. The Balaban J connectivity index is 2.66. The predicted molar refractivity (Wildman–Crippen MR) is 63.2 cm³/mol. The zero-order valence-electron chi connectivity index (χ0n) is 11.0. The van der Waals surface area contributed by atoms with E-state index in [9.17, 15) is 35.9 Å². The first-order valence-corrected chi connectivity index (χ1v) is 5.79. The quantitative estimate of drug-likeness (QED) is 0.365. The van der Waals surface area contributed by atoms with Crippen molar-refractivity contribution >= 4 is 11.9 Å². The highest BCUT2D eigenvalue weighted by molar-refractivity contribution is 5.92. The van der Waals surface area contributed by atoms with Crippen LogP contribution in [-0.4, -0.2) is 30.4 Å². The molecular weight excluding hydrogens is 334 g/mol. The first kappa shape index (κ1) is 18.5. The minimum Gasteiger partial charge on any atom is -0.440 e. The average molecular weight is 342 g/mol. The van der Waals surface area contributed by atoms with Crippen LogP contribution in [0.2, 0.25) is 0 Å². The topological polar surface area (TPSA) is 52.6 Å². The van der Waals surface area contributed by atoms with Gasteiger partial charge in [0.15, 0.2) is 0 Å². The van der Waals surface area contributed by atoms with Crippen LogP contribution in [0.25, 0.3) is 0 Å². The van der Waals surface area contributed by atoms with Gasteiger partial charge in [-0.15, -0.1) is 0 Å². The number of esters is 2. The number of hydrogen-bond donors (Lipinski definition) is 0. The third kappa shape index (κ3) is 6.41. The monoisotopic (exact) mass is 342 g/mol. The van der Waals surface area contributed by atoms with Gasteiger partial charge in [-0.3, -0.25) is 0 Å². The fourth-order valence-corrected chi connectivity index (χ4v) is 1.25. The Morgan fingerprint density at radius 3 is 1.83 bits per heavy atom. The van der Waals surface area contributed by atoms with E-state index in [2.05, 4.69) is 9.47 Å². The van der Waals surface area contributed by atoms with Gasteiger partial charge in [-0.1, -0.05) is 18.2 Å². The number of carbonyl (C=O) groups excluding carboxylic acids is 2. The molecule has 1 rings (SSSR count). The second-order valence-corrected chi connectivity index (χ2v) is 3.97. The van der Waals surface area contributed by atoms with E-state index in [1.807, 2.05) is 0 Å². The summed E-state index contributed by atoms with van der Waals surface area (Å²) in [4.78, 5) is 22.2. The minimum atomic E-state index is -5.83. The van der Waals surface area contributed by atoms with Crippen LogP contribution in [0.3, 0.4) is 0 Å². The molecule has 1 aromatic rings. The van der Waals surface area contributed by atoms with Crippen molar-refractivity contribution in [2.24, 2.45) is 0 Å². The van der Waals surface area contributed by atoms with E-state index < -0.39 is 30.4 Å². The van der Waals surface area contributed by atoms with Crippen molar-refractivity contribution in [3.63, 3.8) is 0 Å². The summed E-state index contributed by atoms with van der Waals surface area (Å²) in [5.74, 6) is -3.10. The molecule has 0 saturated carbocycles. The smallest absolute Gasteiger partial charge is 0.434 e. The van der Waals surface area contributed by atoms with Gasteiger partial charge in [0.25, 0.3) is 6.10 Å². The molecule has 4 nitrogen and oxygen atoms in total. The first-order chi connectivity index (χ1) is 10.5. The highest BCUT2D eigenvalue weighted by Gasteiger charge is 2.59. The molecule has 0 aliphatic rings. The van der Waals surface area contributed by atoms with Gasteiger partial charge in [-0.05, 0) is 12.1 Å².